The Bertz CT molecular complexity index is 156. The van der Waals surface area contributed by atoms with Gasteiger partial charge in [-0.1, -0.05) is 6.08 Å². The Morgan fingerprint density at radius 1 is 1.62 bits per heavy atom. The molecule has 4 nitrogen and oxygen atoms in total. The third kappa shape index (κ3) is 7.49. The summed E-state index contributed by atoms with van der Waals surface area (Å²) in [6, 6.07) is 0. The molecule has 0 aromatic rings. The number of aliphatic hydroxyl groups excluding tert-OH is 2. The molecule has 0 saturated heterocycles. The molecule has 0 aliphatic heterocycles. The summed E-state index contributed by atoms with van der Waals surface area (Å²) in [6.07, 6.45) is 2.57. The normalized spacial score (nSPS) is 12.2. The molecule has 4 heteroatoms. The van der Waals surface area contributed by atoms with Crippen molar-refractivity contribution in [3.8, 4) is 0 Å². The van der Waals surface area contributed by atoms with E-state index in [1.807, 2.05) is 0 Å². The van der Waals surface area contributed by atoms with E-state index in [0.717, 1.165) is 6.42 Å². The van der Waals surface area contributed by atoms with Gasteiger partial charge in [0.05, 0.1) is 6.61 Å². The number of hydrogen-bond acceptors (Lipinski definition) is 4. The smallest absolute Gasteiger partial charge is 0.305 e. The Balaban J connectivity index is 3.34. The molecule has 0 bridgehead atoms. The van der Waals surface area contributed by atoms with Crippen LogP contribution in [0, 0.1) is 0 Å². The zero-order valence-electron chi connectivity index (χ0n) is 7.61. The minimum Gasteiger partial charge on any atom is -0.463 e. The largest absolute Gasteiger partial charge is 0.463 e. The Hall–Kier alpha value is -0.870. The minimum absolute atomic E-state index is 0.135. The number of allylic oxidation sites excluding steroid dienone is 1. The fourth-order valence-electron chi connectivity index (χ4n) is 0.705. The van der Waals surface area contributed by atoms with Crippen molar-refractivity contribution in [3.63, 3.8) is 0 Å². The molecule has 2 N–H and O–H groups in total. The van der Waals surface area contributed by atoms with Gasteiger partial charge in [-0.2, -0.15) is 0 Å². The first-order valence-electron chi connectivity index (χ1n) is 4.26. The molecule has 0 aromatic heterocycles. The standard InChI is InChI=1S/C9H16O4/c1-2-3-4-5-9(12)13-7-8(11)6-10/h2,8,10-11H,1,3-7H2. The van der Waals surface area contributed by atoms with Crippen LogP contribution in [-0.4, -0.2) is 35.5 Å². The predicted octanol–water partition coefficient (Wildman–Crippen LogP) is 0.239. The van der Waals surface area contributed by atoms with E-state index >= 15 is 0 Å². The van der Waals surface area contributed by atoms with Crippen LogP contribution in [0.3, 0.4) is 0 Å². The van der Waals surface area contributed by atoms with Gasteiger partial charge in [0.2, 0.25) is 0 Å². The van der Waals surface area contributed by atoms with Crippen molar-refractivity contribution in [2.45, 2.75) is 25.4 Å². The van der Waals surface area contributed by atoms with Crippen LogP contribution in [0.4, 0.5) is 0 Å². The molecule has 13 heavy (non-hydrogen) atoms. The van der Waals surface area contributed by atoms with E-state index < -0.39 is 6.10 Å². The van der Waals surface area contributed by atoms with E-state index in [1.54, 1.807) is 6.08 Å². The fraction of sp³-hybridized carbons (Fsp3) is 0.667. The first-order chi connectivity index (χ1) is 6.20. The van der Waals surface area contributed by atoms with Crippen molar-refractivity contribution < 1.29 is 19.7 Å². The fourth-order valence-corrected chi connectivity index (χ4v) is 0.705. The van der Waals surface area contributed by atoms with Crippen molar-refractivity contribution in [2.75, 3.05) is 13.2 Å². The maximum Gasteiger partial charge on any atom is 0.305 e. The average Bonchev–Trinajstić information content (AvgIpc) is 2.14. The Kier molecular flexibility index (Phi) is 7.24. The van der Waals surface area contributed by atoms with Gasteiger partial charge in [0.15, 0.2) is 0 Å². The summed E-state index contributed by atoms with van der Waals surface area (Å²) < 4.78 is 4.66. The van der Waals surface area contributed by atoms with E-state index in [4.69, 9.17) is 10.2 Å². The summed E-state index contributed by atoms with van der Waals surface area (Å²) in [4.78, 5) is 10.9. The molecule has 0 rings (SSSR count). The lowest BCUT2D eigenvalue weighted by Gasteiger charge is -2.07. The summed E-state index contributed by atoms with van der Waals surface area (Å²) in [5.74, 6) is -0.352. The van der Waals surface area contributed by atoms with E-state index in [1.165, 1.54) is 0 Å². The van der Waals surface area contributed by atoms with Gasteiger partial charge in [-0.3, -0.25) is 4.79 Å². The van der Waals surface area contributed by atoms with Gasteiger partial charge >= 0.3 is 5.97 Å². The molecule has 1 unspecified atom stereocenters. The average molecular weight is 188 g/mol. The summed E-state index contributed by atoms with van der Waals surface area (Å²) in [5.41, 5.74) is 0. The summed E-state index contributed by atoms with van der Waals surface area (Å²) in [7, 11) is 0. The van der Waals surface area contributed by atoms with Gasteiger partial charge in [-0.05, 0) is 12.8 Å². The molecule has 0 aromatic carbocycles. The predicted molar refractivity (Wildman–Crippen MR) is 48.1 cm³/mol. The third-order valence-corrected chi connectivity index (χ3v) is 1.44. The number of ether oxygens (including phenoxy) is 1. The first-order valence-corrected chi connectivity index (χ1v) is 4.26. The molecule has 0 saturated carbocycles. The third-order valence-electron chi connectivity index (χ3n) is 1.44. The van der Waals surface area contributed by atoms with E-state index in [2.05, 4.69) is 11.3 Å². The van der Waals surface area contributed by atoms with Gasteiger partial charge in [0.25, 0.3) is 0 Å². The quantitative estimate of drug-likeness (QED) is 0.341. The topological polar surface area (TPSA) is 66.8 Å². The molecular formula is C9H16O4. The van der Waals surface area contributed by atoms with E-state index in [9.17, 15) is 4.79 Å². The molecule has 0 amide bonds. The van der Waals surface area contributed by atoms with Crippen molar-refractivity contribution in [3.05, 3.63) is 12.7 Å². The second kappa shape index (κ2) is 7.76. The molecule has 1 atom stereocenters. The van der Waals surface area contributed by atoms with E-state index in [0.29, 0.717) is 12.8 Å². The highest BCUT2D eigenvalue weighted by Crippen LogP contribution is 1.98. The van der Waals surface area contributed by atoms with Crippen LogP contribution < -0.4 is 0 Å². The minimum atomic E-state index is -0.969. The second-order valence-electron chi connectivity index (χ2n) is 2.70. The van der Waals surface area contributed by atoms with Crippen molar-refractivity contribution >= 4 is 5.97 Å². The van der Waals surface area contributed by atoms with Crippen LogP contribution in [0.15, 0.2) is 12.7 Å². The zero-order chi connectivity index (χ0) is 10.1. The summed E-state index contributed by atoms with van der Waals surface area (Å²) in [6.45, 7) is 3.00. The Morgan fingerprint density at radius 3 is 2.85 bits per heavy atom. The highest BCUT2D eigenvalue weighted by molar-refractivity contribution is 5.69. The Morgan fingerprint density at radius 2 is 2.31 bits per heavy atom. The molecule has 0 spiro atoms. The SMILES string of the molecule is C=CCCCC(=O)OCC(O)CO. The van der Waals surface area contributed by atoms with Crippen molar-refractivity contribution in [1.29, 1.82) is 0 Å². The van der Waals surface area contributed by atoms with E-state index in [-0.39, 0.29) is 19.2 Å². The van der Waals surface area contributed by atoms with Gasteiger partial charge in [-0.25, -0.2) is 0 Å². The van der Waals surface area contributed by atoms with Crippen LogP contribution in [0.5, 0.6) is 0 Å². The van der Waals surface area contributed by atoms with Crippen LogP contribution in [0.2, 0.25) is 0 Å². The molecule has 0 radical (unpaired) electrons. The molecule has 0 aliphatic rings. The van der Waals surface area contributed by atoms with Gasteiger partial charge < -0.3 is 14.9 Å². The number of esters is 1. The van der Waals surface area contributed by atoms with Gasteiger partial charge in [-0.15, -0.1) is 6.58 Å². The summed E-state index contributed by atoms with van der Waals surface area (Å²) in [5, 5.41) is 17.2. The molecule has 76 valence electrons. The van der Waals surface area contributed by atoms with Crippen LogP contribution in [0.25, 0.3) is 0 Å². The van der Waals surface area contributed by atoms with Crippen molar-refractivity contribution in [2.24, 2.45) is 0 Å². The monoisotopic (exact) mass is 188 g/mol. The molecule has 0 fully saturated rings. The van der Waals surface area contributed by atoms with Gasteiger partial charge in [0.1, 0.15) is 12.7 Å². The Labute approximate surface area is 77.8 Å². The second-order valence-corrected chi connectivity index (χ2v) is 2.70. The number of aliphatic hydroxyl groups is 2. The maximum absolute atomic E-state index is 10.9. The van der Waals surface area contributed by atoms with Gasteiger partial charge in [0, 0.05) is 6.42 Å². The van der Waals surface area contributed by atoms with Crippen LogP contribution >= 0.6 is 0 Å². The molecule has 0 heterocycles. The number of rotatable bonds is 7. The van der Waals surface area contributed by atoms with Crippen LogP contribution in [0.1, 0.15) is 19.3 Å². The zero-order valence-corrected chi connectivity index (χ0v) is 7.61. The number of carbonyl (C=O) groups is 1. The van der Waals surface area contributed by atoms with Crippen LogP contribution in [-0.2, 0) is 9.53 Å². The highest BCUT2D eigenvalue weighted by atomic mass is 16.5. The lowest BCUT2D eigenvalue weighted by molar-refractivity contribution is -0.147. The lowest BCUT2D eigenvalue weighted by atomic mass is 10.2. The maximum atomic E-state index is 10.9. The number of unbranched alkanes of at least 4 members (excludes halogenated alkanes) is 1. The number of carbonyl (C=O) groups excluding carboxylic acids is 1. The molecule has 0 aliphatic carbocycles. The molecular weight excluding hydrogens is 172 g/mol. The van der Waals surface area contributed by atoms with Crippen molar-refractivity contribution in [1.82, 2.24) is 0 Å². The summed E-state index contributed by atoms with van der Waals surface area (Å²) >= 11 is 0. The number of hydrogen-bond donors (Lipinski definition) is 2. The lowest BCUT2D eigenvalue weighted by Crippen LogP contribution is -2.21. The first kappa shape index (κ1) is 12.1. The highest BCUT2D eigenvalue weighted by Gasteiger charge is 2.06.